The third-order valence-electron chi connectivity index (χ3n) is 3.61. The van der Waals surface area contributed by atoms with Crippen molar-refractivity contribution in [2.45, 2.75) is 49.3 Å². The van der Waals surface area contributed by atoms with Crippen LogP contribution >= 0.6 is 0 Å². The average Bonchev–Trinajstić information content (AvgIpc) is 2.37. The predicted molar refractivity (Wildman–Crippen MR) is 51.5 cm³/mol. The van der Waals surface area contributed by atoms with Gasteiger partial charge < -0.3 is 0 Å². The molecule has 0 unspecified atom stereocenters. The highest BCUT2D eigenvalue weighted by Crippen LogP contribution is 2.69. The second kappa shape index (κ2) is 4.60. The van der Waals surface area contributed by atoms with E-state index in [2.05, 4.69) is 0 Å². The third kappa shape index (κ3) is 1.59. The maximum absolute atomic E-state index is 14.3. The molecule has 12 heteroatoms. The summed E-state index contributed by atoms with van der Waals surface area (Å²) in [6.45, 7) is -0.786. The summed E-state index contributed by atoms with van der Waals surface area (Å²) >= 11 is 0. The maximum Gasteiger partial charge on any atom is 0.384 e. The topological polar surface area (TPSA) is 3.24 Å². The fourth-order valence-electron chi connectivity index (χ4n) is 2.26. The van der Waals surface area contributed by atoms with E-state index in [1.165, 1.54) is 0 Å². The molecule has 0 atom stereocenters. The van der Waals surface area contributed by atoms with E-state index < -0.39 is 53.4 Å². The zero-order chi connectivity index (χ0) is 18.0. The van der Waals surface area contributed by atoms with Gasteiger partial charge in [0.2, 0.25) is 0 Å². The Balaban J connectivity index is 3.85. The first-order chi connectivity index (χ1) is 9.52. The number of halogens is 11. The maximum atomic E-state index is 14.3. The molecular formula is C10H10F11N. The molecule has 0 spiro atoms. The minimum Gasteiger partial charge on any atom is -0.261 e. The molecule has 0 aliphatic heterocycles. The van der Waals surface area contributed by atoms with Gasteiger partial charge in [0, 0.05) is 0 Å². The second-order valence-electron chi connectivity index (χ2n) is 4.67. The Morgan fingerprint density at radius 3 is 0.955 bits per heavy atom. The van der Waals surface area contributed by atoms with Crippen molar-refractivity contribution in [2.24, 2.45) is 0 Å². The van der Waals surface area contributed by atoms with E-state index in [9.17, 15) is 48.3 Å². The monoisotopic (exact) mass is 353 g/mol. The minimum absolute atomic E-state index is 0.732. The summed E-state index contributed by atoms with van der Waals surface area (Å²) in [5.74, 6) is -40.8. The van der Waals surface area contributed by atoms with Crippen LogP contribution in [0, 0.1) is 0 Å². The average molecular weight is 353 g/mol. The molecule has 1 nitrogen and oxygen atoms in total. The lowest BCUT2D eigenvalue weighted by Gasteiger charge is -2.55. The first-order valence-corrected chi connectivity index (χ1v) is 5.85. The summed E-state index contributed by atoms with van der Waals surface area (Å²) in [4.78, 5) is -0.732. The molecule has 0 aromatic carbocycles. The van der Waals surface area contributed by atoms with Gasteiger partial charge in [0.1, 0.15) is 0 Å². The van der Waals surface area contributed by atoms with E-state index in [0.29, 0.717) is 0 Å². The SMILES string of the molecule is CCN(CC)C1(F)C(F)(F)C(F)(F)C(F)(F)C(F)(F)C1(F)F. The molecule has 1 fully saturated rings. The van der Waals surface area contributed by atoms with Crippen molar-refractivity contribution in [2.75, 3.05) is 13.1 Å². The fourth-order valence-corrected chi connectivity index (χ4v) is 2.26. The van der Waals surface area contributed by atoms with Gasteiger partial charge in [0.05, 0.1) is 0 Å². The molecule has 0 radical (unpaired) electrons. The van der Waals surface area contributed by atoms with Crippen molar-refractivity contribution in [3.05, 3.63) is 0 Å². The second-order valence-corrected chi connectivity index (χ2v) is 4.67. The molecule has 0 heterocycles. The van der Waals surface area contributed by atoms with Gasteiger partial charge >= 0.3 is 35.4 Å². The van der Waals surface area contributed by atoms with Gasteiger partial charge in [-0.25, -0.2) is 4.39 Å². The zero-order valence-corrected chi connectivity index (χ0v) is 11.0. The Morgan fingerprint density at radius 2 is 0.727 bits per heavy atom. The van der Waals surface area contributed by atoms with Crippen molar-refractivity contribution in [3.63, 3.8) is 0 Å². The van der Waals surface area contributed by atoms with Gasteiger partial charge in [-0.15, -0.1) is 0 Å². The number of alkyl halides is 11. The van der Waals surface area contributed by atoms with Gasteiger partial charge in [0.25, 0.3) is 0 Å². The molecule has 0 saturated heterocycles. The molecule has 1 saturated carbocycles. The summed E-state index contributed by atoms with van der Waals surface area (Å²) in [5, 5.41) is 0. The first kappa shape index (κ1) is 19.2. The van der Waals surface area contributed by atoms with Crippen molar-refractivity contribution in [1.29, 1.82) is 0 Å². The lowest BCUT2D eigenvalue weighted by atomic mass is 9.76. The van der Waals surface area contributed by atoms with E-state index in [1.54, 1.807) is 0 Å². The normalized spacial score (nSPS) is 30.3. The molecule has 132 valence electrons. The highest BCUT2D eigenvalue weighted by molar-refractivity contribution is 5.25. The third-order valence-corrected chi connectivity index (χ3v) is 3.61. The first-order valence-electron chi connectivity index (χ1n) is 5.85. The summed E-state index contributed by atoms with van der Waals surface area (Å²) in [5.41, 5.74) is 0. The van der Waals surface area contributed by atoms with Crippen LogP contribution in [0.15, 0.2) is 0 Å². The van der Waals surface area contributed by atoms with Crippen LogP contribution in [0.1, 0.15) is 13.8 Å². The van der Waals surface area contributed by atoms with Crippen LogP contribution < -0.4 is 0 Å². The Labute approximate surface area is 117 Å². The Kier molecular flexibility index (Phi) is 4.03. The van der Waals surface area contributed by atoms with Crippen LogP contribution in [0.4, 0.5) is 48.3 Å². The van der Waals surface area contributed by atoms with Crippen LogP contribution in [-0.2, 0) is 0 Å². The number of nitrogens with zero attached hydrogens (tertiary/aromatic N) is 1. The van der Waals surface area contributed by atoms with Gasteiger partial charge in [-0.3, -0.25) is 4.90 Å². The number of hydrogen-bond donors (Lipinski definition) is 0. The molecule has 0 aromatic heterocycles. The van der Waals surface area contributed by atoms with Crippen LogP contribution in [-0.4, -0.2) is 53.4 Å². The van der Waals surface area contributed by atoms with E-state index in [4.69, 9.17) is 0 Å². The number of rotatable bonds is 3. The van der Waals surface area contributed by atoms with Crippen molar-refractivity contribution < 1.29 is 48.3 Å². The Morgan fingerprint density at radius 1 is 0.500 bits per heavy atom. The smallest absolute Gasteiger partial charge is 0.261 e. The summed E-state index contributed by atoms with van der Waals surface area (Å²) < 4.78 is 147. The summed E-state index contributed by atoms with van der Waals surface area (Å²) in [6, 6.07) is 0. The predicted octanol–water partition coefficient (Wildman–Crippen LogP) is 4.18. The van der Waals surface area contributed by atoms with Gasteiger partial charge in [0.15, 0.2) is 0 Å². The Bertz CT molecular complexity index is 410. The molecule has 0 aromatic rings. The molecule has 1 aliphatic rings. The van der Waals surface area contributed by atoms with E-state index in [1.807, 2.05) is 0 Å². The standard InChI is InChI=1S/C10H10F11N/c1-3-22(4-2)10(21)8(17,18)6(13,14)5(11,12)7(15,16)9(10,19)20/h3-4H2,1-2H3. The zero-order valence-electron chi connectivity index (χ0n) is 11.0. The van der Waals surface area contributed by atoms with E-state index in [-0.39, 0.29) is 0 Å². The molecule has 22 heavy (non-hydrogen) atoms. The van der Waals surface area contributed by atoms with Gasteiger partial charge in [-0.2, -0.15) is 43.9 Å². The quantitative estimate of drug-likeness (QED) is 0.543. The van der Waals surface area contributed by atoms with Crippen molar-refractivity contribution >= 4 is 0 Å². The molecule has 1 rings (SSSR count). The van der Waals surface area contributed by atoms with Gasteiger partial charge in [-0.05, 0) is 13.1 Å². The lowest BCUT2D eigenvalue weighted by Crippen LogP contribution is -2.87. The highest BCUT2D eigenvalue weighted by atomic mass is 19.4. The molecule has 0 amide bonds. The molecule has 0 N–H and O–H groups in total. The largest absolute Gasteiger partial charge is 0.384 e. The highest BCUT2D eigenvalue weighted by Gasteiger charge is 3.02. The molecule has 0 bridgehead atoms. The summed E-state index contributed by atoms with van der Waals surface area (Å²) in [6.07, 6.45) is 0. The minimum atomic E-state index is -7.16. The van der Waals surface area contributed by atoms with E-state index in [0.717, 1.165) is 13.8 Å². The van der Waals surface area contributed by atoms with Gasteiger partial charge in [-0.1, -0.05) is 13.8 Å². The van der Waals surface area contributed by atoms with Crippen LogP contribution in [0.3, 0.4) is 0 Å². The fraction of sp³-hybridized carbons (Fsp3) is 1.00. The number of hydrogen-bond acceptors (Lipinski definition) is 1. The van der Waals surface area contributed by atoms with Crippen LogP contribution in [0.5, 0.6) is 0 Å². The van der Waals surface area contributed by atoms with Crippen LogP contribution in [0.25, 0.3) is 0 Å². The molecular weight excluding hydrogens is 343 g/mol. The lowest BCUT2D eigenvalue weighted by molar-refractivity contribution is -0.504. The van der Waals surface area contributed by atoms with E-state index >= 15 is 0 Å². The summed E-state index contributed by atoms with van der Waals surface area (Å²) in [7, 11) is 0. The van der Waals surface area contributed by atoms with Crippen LogP contribution in [0.2, 0.25) is 0 Å². The van der Waals surface area contributed by atoms with Crippen molar-refractivity contribution in [1.82, 2.24) is 4.90 Å². The Hall–Kier alpha value is -0.810. The molecule has 1 aliphatic carbocycles. The van der Waals surface area contributed by atoms with Crippen molar-refractivity contribution in [3.8, 4) is 0 Å².